The summed E-state index contributed by atoms with van der Waals surface area (Å²) in [6, 6.07) is 11.8. The lowest BCUT2D eigenvalue weighted by molar-refractivity contribution is 0.911. The first kappa shape index (κ1) is 14.8. The highest BCUT2D eigenvalue weighted by Gasteiger charge is 2.11. The maximum atomic E-state index is 12.1. The van der Waals surface area contributed by atoms with Crippen LogP contribution in [0.25, 0.3) is 10.9 Å². The minimum absolute atomic E-state index is 0.115. The topological polar surface area (TPSA) is 45.8 Å². The lowest BCUT2D eigenvalue weighted by Gasteiger charge is -2.06. The van der Waals surface area contributed by atoms with E-state index in [2.05, 4.69) is 28.2 Å². The van der Waals surface area contributed by atoms with Crippen molar-refractivity contribution in [1.82, 2.24) is 9.97 Å². The fraction of sp³-hybridized carbons (Fsp3) is 0.222. The number of hydrogen-bond donors (Lipinski definition) is 1. The SMILES string of the molecule is O=c1[nH]c(CSc2ccc3c(c2)CCC3)nc2cc(Cl)ccc12. The van der Waals surface area contributed by atoms with Crippen molar-refractivity contribution >= 4 is 34.3 Å². The number of aryl methyl sites for hydroxylation is 2. The Morgan fingerprint density at radius 1 is 1.13 bits per heavy atom. The molecule has 3 aromatic rings. The summed E-state index contributed by atoms with van der Waals surface area (Å²) >= 11 is 7.69. The summed E-state index contributed by atoms with van der Waals surface area (Å²) in [4.78, 5) is 20.7. The zero-order chi connectivity index (χ0) is 15.8. The third-order valence-electron chi connectivity index (χ3n) is 4.16. The number of aromatic nitrogens is 2. The fourth-order valence-electron chi connectivity index (χ4n) is 3.02. The van der Waals surface area contributed by atoms with Crippen molar-refractivity contribution in [2.75, 3.05) is 0 Å². The zero-order valence-electron chi connectivity index (χ0n) is 12.4. The van der Waals surface area contributed by atoms with Crippen molar-refractivity contribution < 1.29 is 0 Å². The van der Waals surface area contributed by atoms with Gasteiger partial charge in [0.2, 0.25) is 0 Å². The summed E-state index contributed by atoms with van der Waals surface area (Å²) in [7, 11) is 0. The van der Waals surface area contributed by atoms with Gasteiger partial charge in [0.1, 0.15) is 5.82 Å². The summed E-state index contributed by atoms with van der Waals surface area (Å²) in [6.07, 6.45) is 3.62. The van der Waals surface area contributed by atoms with E-state index in [-0.39, 0.29) is 5.56 Å². The van der Waals surface area contributed by atoms with Crippen molar-refractivity contribution in [3.63, 3.8) is 0 Å². The second-order valence-corrected chi connectivity index (χ2v) is 7.23. The van der Waals surface area contributed by atoms with Gasteiger partial charge in [0.15, 0.2) is 0 Å². The van der Waals surface area contributed by atoms with E-state index in [9.17, 15) is 4.79 Å². The number of hydrogen-bond acceptors (Lipinski definition) is 3. The van der Waals surface area contributed by atoms with E-state index in [1.165, 1.54) is 35.3 Å². The lowest BCUT2D eigenvalue weighted by atomic mass is 10.1. The zero-order valence-corrected chi connectivity index (χ0v) is 14.0. The highest BCUT2D eigenvalue weighted by molar-refractivity contribution is 7.98. The molecular weight excluding hydrogens is 328 g/mol. The first-order valence-corrected chi connectivity index (χ1v) is 8.98. The molecule has 0 amide bonds. The molecule has 5 heteroatoms. The number of thioether (sulfide) groups is 1. The predicted octanol–water partition coefficient (Wildman–Crippen LogP) is 4.36. The van der Waals surface area contributed by atoms with E-state index in [4.69, 9.17) is 11.6 Å². The Morgan fingerprint density at radius 3 is 2.91 bits per heavy atom. The molecule has 3 nitrogen and oxygen atoms in total. The molecule has 0 atom stereocenters. The van der Waals surface area contributed by atoms with Gasteiger partial charge in [-0.15, -0.1) is 11.8 Å². The Bertz CT molecular complexity index is 951. The molecule has 4 rings (SSSR count). The monoisotopic (exact) mass is 342 g/mol. The van der Waals surface area contributed by atoms with Crippen LogP contribution in [0.5, 0.6) is 0 Å². The Morgan fingerprint density at radius 2 is 2.00 bits per heavy atom. The quantitative estimate of drug-likeness (QED) is 0.719. The maximum absolute atomic E-state index is 12.1. The molecular formula is C18H15ClN2OS. The van der Waals surface area contributed by atoms with E-state index in [1.807, 2.05) is 0 Å². The summed E-state index contributed by atoms with van der Waals surface area (Å²) in [6.45, 7) is 0. The Labute approximate surface area is 143 Å². The molecule has 116 valence electrons. The minimum atomic E-state index is -0.115. The fourth-order valence-corrected chi connectivity index (χ4v) is 4.02. The Hall–Kier alpha value is -1.78. The van der Waals surface area contributed by atoms with Crippen LogP contribution in [0, 0.1) is 0 Å². The highest BCUT2D eigenvalue weighted by Crippen LogP contribution is 2.29. The van der Waals surface area contributed by atoms with Gasteiger partial charge in [0, 0.05) is 9.92 Å². The average Bonchev–Trinajstić information content (AvgIpc) is 3.00. The standard InChI is InChI=1S/C18H15ClN2OS/c19-13-5-7-15-16(9-13)20-17(21-18(15)22)10-23-14-6-4-11-2-1-3-12(11)8-14/h4-9H,1-3,10H2,(H,20,21,22). The van der Waals surface area contributed by atoms with E-state index < -0.39 is 0 Å². The highest BCUT2D eigenvalue weighted by atomic mass is 35.5. The molecule has 2 aromatic carbocycles. The van der Waals surface area contributed by atoms with Gasteiger partial charge in [-0.05, 0) is 60.7 Å². The van der Waals surface area contributed by atoms with E-state index in [0.717, 1.165) is 0 Å². The largest absolute Gasteiger partial charge is 0.309 e. The van der Waals surface area contributed by atoms with Gasteiger partial charge in [-0.25, -0.2) is 4.98 Å². The van der Waals surface area contributed by atoms with Crippen LogP contribution in [0.4, 0.5) is 0 Å². The van der Waals surface area contributed by atoms with Gasteiger partial charge < -0.3 is 4.98 Å². The Kier molecular flexibility index (Phi) is 3.87. The summed E-state index contributed by atoms with van der Waals surface area (Å²) < 4.78 is 0. The summed E-state index contributed by atoms with van der Waals surface area (Å²) in [5, 5.41) is 1.16. The normalized spacial score (nSPS) is 13.4. The van der Waals surface area contributed by atoms with Crippen LogP contribution in [0.3, 0.4) is 0 Å². The van der Waals surface area contributed by atoms with Crippen LogP contribution >= 0.6 is 23.4 Å². The molecule has 0 aliphatic heterocycles. The molecule has 0 spiro atoms. The van der Waals surface area contributed by atoms with Crippen LogP contribution < -0.4 is 5.56 Å². The number of fused-ring (bicyclic) bond motifs is 2. The van der Waals surface area contributed by atoms with Gasteiger partial charge in [-0.3, -0.25) is 4.79 Å². The van der Waals surface area contributed by atoms with E-state index in [1.54, 1.807) is 30.0 Å². The number of benzene rings is 2. The predicted molar refractivity (Wildman–Crippen MR) is 95.4 cm³/mol. The van der Waals surface area contributed by atoms with Crippen molar-refractivity contribution in [1.29, 1.82) is 0 Å². The van der Waals surface area contributed by atoms with Crippen LogP contribution in [0.1, 0.15) is 23.4 Å². The van der Waals surface area contributed by atoms with Crippen molar-refractivity contribution in [2.24, 2.45) is 0 Å². The maximum Gasteiger partial charge on any atom is 0.258 e. The smallest absolute Gasteiger partial charge is 0.258 e. The summed E-state index contributed by atoms with van der Waals surface area (Å²) in [5.74, 6) is 1.31. The van der Waals surface area contributed by atoms with Crippen molar-refractivity contribution in [2.45, 2.75) is 29.9 Å². The number of nitrogens with one attached hydrogen (secondary N) is 1. The number of H-pyrrole nitrogens is 1. The van der Waals surface area contributed by atoms with Gasteiger partial charge in [0.05, 0.1) is 16.7 Å². The van der Waals surface area contributed by atoms with E-state index in [0.29, 0.717) is 27.5 Å². The molecule has 0 saturated heterocycles. The molecule has 0 unspecified atom stereocenters. The molecule has 1 aromatic heterocycles. The van der Waals surface area contributed by atoms with Crippen LogP contribution in [-0.4, -0.2) is 9.97 Å². The molecule has 1 heterocycles. The number of nitrogens with zero attached hydrogens (tertiary/aromatic N) is 1. The molecule has 0 saturated carbocycles. The molecule has 0 bridgehead atoms. The first-order chi connectivity index (χ1) is 11.2. The van der Waals surface area contributed by atoms with Crippen LogP contribution in [-0.2, 0) is 18.6 Å². The van der Waals surface area contributed by atoms with Crippen molar-refractivity contribution in [3.05, 3.63) is 68.7 Å². The molecule has 23 heavy (non-hydrogen) atoms. The van der Waals surface area contributed by atoms with Gasteiger partial charge >= 0.3 is 0 Å². The lowest BCUT2D eigenvalue weighted by Crippen LogP contribution is -2.11. The number of halogens is 1. The third-order valence-corrected chi connectivity index (χ3v) is 5.40. The molecule has 0 fully saturated rings. The van der Waals surface area contributed by atoms with Crippen molar-refractivity contribution in [3.8, 4) is 0 Å². The first-order valence-electron chi connectivity index (χ1n) is 7.62. The van der Waals surface area contributed by atoms with Gasteiger partial charge in [-0.1, -0.05) is 17.7 Å². The number of aromatic amines is 1. The van der Waals surface area contributed by atoms with Crippen LogP contribution in [0.15, 0.2) is 46.1 Å². The minimum Gasteiger partial charge on any atom is -0.309 e. The second kappa shape index (κ2) is 6.02. The second-order valence-electron chi connectivity index (χ2n) is 5.75. The molecule has 1 N–H and O–H groups in total. The van der Waals surface area contributed by atoms with Gasteiger partial charge in [0.25, 0.3) is 5.56 Å². The van der Waals surface area contributed by atoms with Gasteiger partial charge in [-0.2, -0.15) is 0 Å². The van der Waals surface area contributed by atoms with Crippen LogP contribution in [0.2, 0.25) is 5.02 Å². The molecule has 1 aliphatic rings. The average molecular weight is 343 g/mol. The van der Waals surface area contributed by atoms with E-state index >= 15 is 0 Å². The Balaban J connectivity index is 1.59. The molecule has 0 radical (unpaired) electrons. The summed E-state index contributed by atoms with van der Waals surface area (Å²) in [5.41, 5.74) is 3.46. The molecule has 1 aliphatic carbocycles. The third kappa shape index (κ3) is 3.01. The number of rotatable bonds is 3.